The molecular formula is C29H31N3O3. The fraction of sp³-hybridized carbons (Fsp3) is 0.310. The molecule has 2 heterocycles. The quantitative estimate of drug-likeness (QED) is 0.491. The summed E-state index contributed by atoms with van der Waals surface area (Å²) >= 11 is 0. The van der Waals surface area contributed by atoms with Gasteiger partial charge in [0.05, 0.1) is 13.8 Å². The smallest absolute Gasteiger partial charge is 0.326 e. The van der Waals surface area contributed by atoms with Crippen LogP contribution in [-0.4, -0.2) is 47.6 Å². The molecule has 6 nitrogen and oxygen atoms in total. The second-order valence-corrected chi connectivity index (χ2v) is 9.46. The Morgan fingerprint density at radius 2 is 1.49 bits per heavy atom. The molecule has 5 rings (SSSR count). The lowest BCUT2D eigenvalue weighted by Crippen LogP contribution is -2.51. The first-order valence-corrected chi connectivity index (χ1v) is 12.2. The normalized spacial score (nSPS) is 19.7. The van der Waals surface area contributed by atoms with Gasteiger partial charge in [0.2, 0.25) is 0 Å². The van der Waals surface area contributed by atoms with Crippen LogP contribution >= 0.6 is 0 Å². The van der Waals surface area contributed by atoms with Crippen molar-refractivity contribution in [2.45, 2.75) is 37.3 Å². The van der Waals surface area contributed by atoms with E-state index in [4.69, 9.17) is 4.74 Å². The second kappa shape index (κ2) is 9.92. The van der Waals surface area contributed by atoms with Crippen LogP contribution in [0.3, 0.4) is 0 Å². The SMILES string of the molecule is COc1ccc([C@@H]2CCCN2CN2C(=O)NC(Cc3ccccc3)(Cc3ccccc3)C2=O)cc1. The van der Waals surface area contributed by atoms with E-state index in [2.05, 4.69) is 22.3 Å². The number of hydrogen-bond acceptors (Lipinski definition) is 4. The van der Waals surface area contributed by atoms with Crippen LogP contribution < -0.4 is 10.1 Å². The number of nitrogens with one attached hydrogen (secondary N) is 1. The third-order valence-corrected chi connectivity index (χ3v) is 7.13. The molecule has 2 aliphatic rings. The third-order valence-electron chi connectivity index (χ3n) is 7.13. The largest absolute Gasteiger partial charge is 0.497 e. The summed E-state index contributed by atoms with van der Waals surface area (Å²) < 4.78 is 5.30. The summed E-state index contributed by atoms with van der Waals surface area (Å²) in [6.07, 6.45) is 2.92. The first kappa shape index (κ1) is 23.1. The topological polar surface area (TPSA) is 61.9 Å². The lowest BCUT2D eigenvalue weighted by Gasteiger charge is -2.30. The summed E-state index contributed by atoms with van der Waals surface area (Å²) in [5, 5.41) is 3.10. The molecule has 35 heavy (non-hydrogen) atoms. The fourth-order valence-corrected chi connectivity index (χ4v) is 5.38. The maximum Gasteiger partial charge on any atom is 0.326 e. The number of benzene rings is 3. The molecule has 2 fully saturated rings. The molecule has 6 heteroatoms. The zero-order chi connectivity index (χ0) is 24.3. The van der Waals surface area contributed by atoms with Crippen LogP contribution in [0.4, 0.5) is 4.79 Å². The molecule has 0 radical (unpaired) electrons. The van der Waals surface area contributed by atoms with Crippen LogP contribution in [0.25, 0.3) is 0 Å². The lowest BCUT2D eigenvalue weighted by molar-refractivity contribution is -0.133. The lowest BCUT2D eigenvalue weighted by atomic mass is 9.84. The summed E-state index contributed by atoms with van der Waals surface area (Å²) in [5.74, 6) is 0.662. The van der Waals surface area contributed by atoms with Crippen molar-refractivity contribution in [3.63, 3.8) is 0 Å². The molecule has 2 saturated heterocycles. The van der Waals surface area contributed by atoms with E-state index in [0.717, 1.165) is 36.3 Å². The first-order valence-electron chi connectivity index (χ1n) is 12.2. The van der Waals surface area contributed by atoms with Gasteiger partial charge in [0.1, 0.15) is 11.3 Å². The van der Waals surface area contributed by atoms with Gasteiger partial charge in [-0.3, -0.25) is 9.69 Å². The highest BCUT2D eigenvalue weighted by molar-refractivity contribution is 6.07. The Hall–Kier alpha value is -3.64. The number of rotatable bonds is 8. The van der Waals surface area contributed by atoms with Gasteiger partial charge in [-0.05, 0) is 41.7 Å². The number of ether oxygens (including phenoxy) is 1. The Morgan fingerprint density at radius 1 is 0.886 bits per heavy atom. The third kappa shape index (κ3) is 4.80. The molecule has 0 bridgehead atoms. The Kier molecular flexibility index (Phi) is 6.55. The fourth-order valence-electron chi connectivity index (χ4n) is 5.38. The number of hydrogen-bond donors (Lipinski definition) is 1. The highest BCUT2D eigenvalue weighted by Gasteiger charge is 2.51. The highest BCUT2D eigenvalue weighted by Crippen LogP contribution is 2.34. The van der Waals surface area contributed by atoms with Crippen LogP contribution in [-0.2, 0) is 17.6 Å². The Morgan fingerprint density at radius 3 is 2.06 bits per heavy atom. The van der Waals surface area contributed by atoms with Gasteiger partial charge in [-0.25, -0.2) is 9.69 Å². The Bertz CT molecular complexity index is 1120. The van der Waals surface area contributed by atoms with Gasteiger partial charge in [-0.15, -0.1) is 0 Å². The Balaban J connectivity index is 1.39. The van der Waals surface area contributed by atoms with E-state index in [0.29, 0.717) is 12.8 Å². The van der Waals surface area contributed by atoms with Crippen molar-refractivity contribution in [3.05, 3.63) is 102 Å². The van der Waals surface area contributed by atoms with Gasteiger partial charge in [-0.1, -0.05) is 72.8 Å². The number of urea groups is 1. The molecule has 0 aromatic heterocycles. The predicted octanol–water partition coefficient (Wildman–Crippen LogP) is 4.57. The van der Waals surface area contributed by atoms with Crippen molar-refractivity contribution in [2.75, 3.05) is 20.3 Å². The number of nitrogens with zero attached hydrogens (tertiary/aromatic N) is 2. The summed E-state index contributed by atoms with van der Waals surface area (Å²) in [4.78, 5) is 30.9. The van der Waals surface area contributed by atoms with Crippen LogP contribution in [0, 0.1) is 0 Å². The molecule has 180 valence electrons. The predicted molar refractivity (Wildman–Crippen MR) is 135 cm³/mol. The highest BCUT2D eigenvalue weighted by atomic mass is 16.5. The molecular weight excluding hydrogens is 438 g/mol. The van der Waals surface area contributed by atoms with Crippen molar-refractivity contribution in [1.82, 2.24) is 15.1 Å². The van der Waals surface area contributed by atoms with E-state index in [9.17, 15) is 9.59 Å². The maximum absolute atomic E-state index is 14.0. The summed E-state index contributed by atoms with van der Waals surface area (Å²) in [6.45, 7) is 1.13. The van der Waals surface area contributed by atoms with Gasteiger partial charge in [0.15, 0.2) is 0 Å². The monoisotopic (exact) mass is 469 g/mol. The molecule has 2 aliphatic heterocycles. The van der Waals surface area contributed by atoms with Gasteiger partial charge in [0.25, 0.3) is 5.91 Å². The van der Waals surface area contributed by atoms with Crippen LogP contribution in [0.1, 0.15) is 35.6 Å². The van der Waals surface area contributed by atoms with E-state index in [1.807, 2.05) is 72.8 Å². The zero-order valence-electron chi connectivity index (χ0n) is 20.0. The number of imide groups is 1. The number of likely N-dealkylation sites (tertiary alicyclic amines) is 1. The number of carbonyl (C=O) groups excluding carboxylic acids is 2. The minimum Gasteiger partial charge on any atom is -0.497 e. The molecule has 0 aliphatic carbocycles. The van der Waals surface area contributed by atoms with Gasteiger partial charge in [-0.2, -0.15) is 0 Å². The molecule has 3 amide bonds. The minimum atomic E-state index is -1.00. The summed E-state index contributed by atoms with van der Waals surface area (Å²) in [7, 11) is 1.66. The van der Waals surface area contributed by atoms with E-state index in [1.54, 1.807) is 7.11 Å². The molecule has 1 atom stereocenters. The number of amides is 3. The molecule has 0 saturated carbocycles. The average molecular weight is 470 g/mol. The van der Waals surface area contributed by atoms with Crippen molar-refractivity contribution < 1.29 is 14.3 Å². The van der Waals surface area contributed by atoms with Crippen molar-refractivity contribution in [3.8, 4) is 5.75 Å². The standard InChI is InChI=1S/C29H31N3O3/c1-35-25-16-14-24(15-17-25)26-13-8-18-31(26)21-32-27(33)29(30-28(32)34,19-22-9-4-2-5-10-22)20-23-11-6-3-7-12-23/h2-7,9-12,14-17,26H,8,13,18-21H2,1H3,(H,30,34)/t26-/m0/s1. The Labute approximate surface area is 206 Å². The van der Waals surface area contributed by atoms with Gasteiger partial charge in [0, 0.05) is 25.4 Å². The molecule has 3 aromatic carbocycles. The van der Waals surface area contributed by atoms with E-state index in [-0.39, 0.29) is 24.6 Å². The second-order valence-electron chi connectivity index (χ2n) is 9.46. The number of carbonyl (C=O) groups is 2. The maximum atomic E-state index is 14.0. The average Bonchev–Trinajstić information content (AvgIpc) is 3.44. The van der Waals surface area contributed by atoms with Crippen LogP contribution in [0.2, 0.25) is 0 Å². The van der Waals surface area contributed by atoms with Crippen molar-refractivity contribution >= 4 is 11.9 Å². The molecule has 0 spiro atoms. The van der Waals surface area contributed by atoms with E-state index in [1.165, 1.54) is 10.5 Å². The zero-order valence-corrected chi connectivity index (χ0v) is 20.0. The molecule has 1 N–H and O–H groups in total. The summed E-state index contributed by atoms with van der Waals surface area (Å²) in [6, 6.07) is 27.7. The summed E-state index contributed by atoms with van der Waals surface area (Å²) in [5.41, 5.74) is 2.22. The first-order chi connectivity index (χ1) is 17.1. The molecule has 3 aromatic rings. The van der Waals surface area contributed by atoms with Gasteiger partial charge >= 0.3 is 6.03 Å². The minimum absolute atomic E-state index is 0.157. The van der Waals surface area contributed by atoms with Crippen LogP contribution in [0.5, 0.6) is 5.75 Å². The van der Waals surface area contributed by atoms with Crippen LogP contribution in [0.15, 0.2) is 84.9 Å². The van der Waals surface area contributed by atoms with Crippen molar-refractivity contribution in [2.24, 2.45) is 0 Å². The van der Waals surface area contributed by atoms with Gasteiger partial charge < -0.3 is 10.1 Å². The van der Waals surface area contributed by atoms with E-state index < -0.39 is 5.54 Å². The van der Waals surface area contributed by atoms with E-state index >= 15 is 0 Å². The number of methoxy groups -OCH3 is 1. The molecule has 0 unspecified atom stereocenters. The van der Waals surface area contributed by atoms with Crippen molar-refractivity contribution in [1.29, 1.82) is 0 Å².